The summed E-state index contributed by atoms with van der Waals surface area (Å²) in [5.41, 5.74) is 4.17. The molecule has 0 atom stereocenters. The Hall–Kier alpha value is -4.67. The highest BCUT2D eigenvalue weighted by atomic mass is 16.5. The quantitative estimate of drug-likeness (QED) is 0.280. The number of ether oxygens (including phenoxy) is 1. The molecule has 1 aliphatic heterocycles. The van der Waals surface area contributed by atoms with E-state index in [0.717, 1.165) is 22.0 Å². The van der Waals surface area contributed by atoms with Gasteiger partial charge in [0.05, 0.1) is 39.7 Å². The van der Waals surface area contributed by atoms with E-state index in [1.165, 1.54) is 4.57 Å². The van der Waals surface area contributed by atoms with Crippen LogP contribution in [0.4, 0.5) is 5.69 Å². The number of pyridine rings is 1. The highest BCUT2D eigenvalue weighted by molar-refractivity contribution is 6.08. The summed E-state index contributed by atoms with van der Waals surface area (Å²) in [4.78, 5) is 59.9. The highest BCUT2D eigenvalue weighted by Gasteiger charge is 2.29. The third-order valence-electron chi connectivity index (χ3n) is 8.71. The van der Waals surface area contributed by atoms with Crippen LogP contribution in [0.5, 0.6) is 0 Å². The van der Waals surface area contributed by atoms with Gasteiger partial charge in [0, 0.05) is 50.9 Å². The number of fused-ring (bicyclic) bond motifs is 3. The van der Waals surface area contributed by atoms with Crippen LogP contribution in [0, 0.1) is 6.92 Å². The minimum absolute atomic E-state index is 0.0825. The summed E-state index contributed by atoms with van der Waals surface area (Å²) in [5.74, 6) is -0.469. The molecule has 11 nitrogen and oxygen atoms in total. The molecule has 1 saturated heterocycles. The van der Waals surface area contributed by atoms with E-state index in [9.17, 15) is 19.2 Å². The third-order valence-corrected chi connectivity index (χ3v) is 8.71. The van der Waals surface area contributed by atoms with Crippen molar-refractivity contribution in [3.8, 4) is 0 Å². The standard InChI is InChI=1S/C32H36N6O5/c1-6-36-26-16-21-24(17-27(26)37(7-2)32(36)42)33-18-23(30(40)43-8-3)28(21)35-13-11-20(12-14-35)38-29(39)22-15-19(4)9-10-25(22)34(5)31(38)41/h9-10,15-18,20H,6-8,11-14H2,1-5H3. The van der Waals surface area contributed by atoms with Crippen LogP contribution in [-0.2, 0) is 24.9 Å². The molecule has 0 unspecified atom stereocenters. The molecule has 0 radical (unpaired) electrons. The Morgan fingerprint density at radius 2 is 1.58 bits per heavy atom. The first-order valence-corrected chi connectivity index (χ1v) is 14.9. The monoisotopic (exact) mass is 584 g/mol. The fourth-order valence-electron chi connectivity index (χ4n) is 6.56. The van der Waals surface area contributed by atoms with E-state index in [1.807, 2.05) is 51.1 Å². The second-order valence-electron chi connectivity index (χ2n) is 11.1. The van der Waals surface area contributed by atoms with Crippen LogP contribution in [0.25, 0.3) is 32.8 Å². The van der Waals surface area contributed by atoms with Gasteiger partial charge in [0.15, 0.2) is 0 Å². The largest absolute Gasteiger partial charge is 0.462 e. The van der Waals surface area contributed by atoms with Gasteiger partial charge in [0.25, 0.3) is 5.56 Å². The minimum Gasteiger partial charge on any atom is -0.462 e. The topological polar surface area (TPSA) is 113 Å². The van der Waals surface area contributed by atoms with Crippen LogP contribution >= 0.6 is 0 Å². The number of anilines is 1. The van der Waals surface area contributed by atoms with Crippen molar-refractivity contribution in [2.75, 3.05) is 24.6 Å². The van der Waals surface area contributed by atoms with E-state index in [1.54, 1.807) is 33.9 Å². The van der Waals surface area contributed by atoms with Crippen LogP contribution in [0.3, 0.4) is 0 Å². The maximum absolute atomic E-state index is 13.6. The van der Waals surface area contributed by atoms with Gasteiger partial charge < -0.3 is 9.64 Å². The number of piperidine rings is 1. The van der Waals surface area contributed by atoms with Crippen LogP contribution < -0.4 is 21.8 Å². The summed E-state index contributed by atoms with van der Waals surface area (Å²) in [6, 6.07) is 9.12. The van der Waals surface area contributed by atoms with E-state index in [2.05, 4.69) is 9.88 Å². The summed E-state index contributed by atoms with van der Waals surface area (Å²) in [5, 5.41) is 1.28. The number of hydrogen-bond acceptors (Lipinski definition) is 7. The second kappa shape index (κ2) is 10.9. The second-order valence-corrected chi connectivity index (χ2v) is 11.1. The van der Waals surface area contributed by atoms with Gasteiger partial charge in [-0.1, -0.05) is 11.6 Å². The van der Waals surface area contributed by atoms with Crippen LogP contribution in [0.2, 0.25) is 0 Å². The van der Waals surface area contributed by atoms with Crippen molar-refractivity contribution in [1.82, 2.24) is 23.3 Å². The van der Waals surface area contributed by atoms with E-state index in [-0.39, 0.29) is 29.6 Å². The van der Waals surface area contributed by atoms with Crippen LogP contribution in [0.1, 0.15) is 55.6 Å². The van der Waals surface area contributed by atoms with Gasteiger partial charge in [-0.15, -0.1) is 0 Å². The number of carbonyl (C=O) groups excluding carboxylic acids is 1. The SMILES string of the molecule is CCOC(=O)c1cnc2cc3c(cc2c1N1CCC(n2c(=O)c4cc(C)ccc4n(C)c2=O)CC1)n(CC)c(=O)n3CC. The molecule has 5 aromatic rings. The Morgan fingerprint density at radius 1 is 0.907 bits per heavy atom. The number of esters is 1. The number of aryl methyl sites for hydroxylation is 4. The van der Waals surface area contributed by atoms with Crippen LogP contribution in [-0.4, -0.2) is 48.9 Å². The molecule has 11 heteroatoms. The lowest BCUT2D eigenvalue weighted by atomic mass is 10.0. The van der Waals surface area contributed by atoms with Gasteiger partial charge in [-0.25, -0.2) is 14.4 Å². The predicted octanol–water partition coefficient (Wildman–Crippen LogP) is 3.73. The number of imidazole rings is 1. The van der Waals surface area contributed by atoms with Gasteiger partial charge in [-0.3, -0.25) is 28.0 Å². The van der Waals surface area contributed by atoms with Crippen LogP contribution in [0.15, 0.2) is 50.9 Å². The van der Waals surface area contributed by atoms with Crippen molar-refractivity contribution >= 4 is 44.5 Å². The Morgan fingerprint density at radius 3 is 2.23 bits per heavy atom. The molecular weight excluding hydrogens is 548 g/mol. The number of benzene rings is 2. The van der Waals surface area contributed by atoms with Gasteiger partial charge >= 0.3 is 17.3 Å². The molecule has 0 spiro atoms. The van der Waals surface area contributed by atoms with Gasteiger partial charge in [-0.05, 0) is 64.8 Å². The number of carbonyl (C=O) groups is 1. The van der Waals surface area contributed by atoms with Crippen molar-refractivity contribution in [3.05, 3.63) is 79.0 Å². The van der Waals surface area contributed by atoms with E-state index in [0.29, 0.717) is 66.7 Å². The zero-order valence-electron chi connectivity index (χ0n) is 25.2. The molecule has 4 heterocycles. The molecule has 0 saturated carbocycles. The molecule has 0 N–H and O–H groups in total. The molecule has 6 rings (SSSR count). The molecule has 0 amide bonds. The molecule has 224 valence electrons. The van der Waals surface area contributed by atoms with E-state index in [4.69, 9.17) is 4.74 Å². The predicted molar refractivity (Wildman–Crippen MR) is 167 cm³/mol. The molecule has 0 bridgehead atoms. The molecule has 2 aromatic carbocycles. The summed E-state index contributed by atoms with van der Waals surface area (Å²) >= 11 is 0. The lowest BCUT2D eigenvalue weighted by Gasteiger charge is -2.35. The number of rotatable bonds is 6. The zero-order valence-corrected chi connectivity index (χ0v) is 25.2. The minimum atomic E-state index is -0.469. The summed E-state index contributed by atoms with van der Waals surface area (Å²) in [6.45, 7) is 9.84. The third kappa shape index (κ3) is 4.45. The first kappa shape index (κ1) is 28.4. The fraction of sp³-hybridized carbons (Fsp3) is 0.406. The van der Waals surface area contributed by atoms with Gasteiger partial charge in [-0.2, -0.15) is 0 Å². The van der Waals surface area contributed by atoms with Crippen molar-refractivity contribution in [1.29, 1.82) is 0 Å². The normalized spacial score (nSPS) is 14.3. The number of nitrogens with zero attached hydrogens (tertiary/aromatic N) is 6. The van der Waals surface area contributed by atoms with Crippen molar-refractivity contribution in [3.63, 3.8) is 0 Å². The average molecular weight is 585 g/mol. The lowest BCUT2D eigenvalue weighted by molar-refractivity contribution is 0.0526. The van der Waals surface area contributed by atoms with Gasteiger partial charge in [0.2, 0.25) is 0 Å². The Balaban J connectivity index is 1.46. The molecular formula is C32H36N6O5. The maximum Gasteiger partial charge on any atom is 0.341 e. The Bertz CT molecular complexity index is 2090. The van der Waals surface area contributed by atoms with E-state index >= 15 is 0 Å². The Labute approximate surface area is 247 Å². The lowest BCUT2D eigenvalue weighted by Crippen LogP contribution is -2.45. The highest BCUT2D eigenvalue weighted by Crippen LogP contribution is 2.36. The first-order chi connectivity index (χ1) is 20.7. The summed E-state index contributed by atoms with van der Waals surface area (Å²) in [6.07, 6.45) is 2.62. The Kier molecular flexibility index (Phi) is 7.19. The number of hydrogen-bond donors (Lipinski definition) is 0. The number of aromatic nitrogens is 5. The summed E-state index contributed by atoms with van der Waals surface area (Å²) in [7, 11) is 1.70. The van der Waals surface area contributed by atoms with Crippen molar-refractivity contribution in [2.45, 2.75) is 59.7 Å². The molecule has 3 aromatic heterocycles. The molecule has 0 aliphatic carbocycles. The maximum atomic E-state index is 13.6. The smallest absolute Gasteiger partial charge is 0.341 e. The van der Waals surface area contributed by atoms with Gasteiger partial charge in [0.1, 0.15) is 5.56 Å². The fourth-order valence-corrected chi connectivity index (χ4v) is 6.56. The van der Waals surface area contributed by atoms with Crippen molar-refractivity contribution < 1.29 is 9.53 Å². The summed E-state index contributed by atoms with van der Waals surface area (Å²) < 4.78 is 11.8. The zero-order chi connectivity index (χ0) is 30.6. The van der Waals surface area contributed by atoms with Crippen molar-refractivity contribution in [2.24, 2.45) is 7.05 Å². The molecule has 43 heavy (non-hydrogen) atoms. The first-order valence-electron chi connectivity index (χ1n) is 14.9. The van der Waals surface area contributed by atoms with E-state index < -0.39 is 5.97 Å². The molecule has 1 aliphatic rings. The average Bonchev–Trinajstić information content (AvgIpc) is 3.27. The molecule has 1 fully saturated rings.